The van der Waals surface area contributed by atoms with Crippen molar-refractivity contribution in [3.8, 4) is 5.75 Å². The Morgan fingerprint density at radius 3 is 2.03 bits per heavy atom. The van der Waals surface area contributed by atoms with Crippen LogP contribution in [0.15, 0.2) is 102 Å². The molecule has 0 spiro atoms. The van der Waals surface area contributed by atoms with E-state index in [1.54, 1.807) is 6.20 Å². The molecule has 1 aromatic heterocycles. The lowest BCUT2D eigenvalue weighted by Gasteiger charge is -2.26. The Bertz CT molecular complexity index is 1090. The molecular formula is C29H32N2O3. The highest BCUT2D eigenvalue weighted by atomic mass is 16.5. The summed E-state index contributed by atoms with van der Waals surface area (Å²) in [6, 6.07) is 29.0. The Kier molecular flexibility index (Phi) is 7.78. The zero-order chi connectivity index (χ0) is 23.8. The zero-order valence-corrected chi connectivity index (χ0v) is 19.8. The summed E-state index contributed by atoms with van der Waals surface area (Å²) >= 11 is 0. The second-order valence-electron chi connectivity index (χ2n) is 8.56. The summed E-state index contributed by atoms with van der Waals surface area (Å²) in [6.07, 6.45) is 3.70. The Labute approximate surface area is 201 Å². The molecule has 176 valence electrons. The molecular weight excluding hydrogens is 424 g/mol. The van der Waals surface area contributed by atoms with E-state index in [2.05, 4.69) is 23.9 Å². The van der Waals surface area contributed by atoms with Gasteiger partial charge in [0.05, 0.1) is 18.8 Å². The number of para-hydroxylation sites is 1. The molecule has 3 aromatic carbocycles. The van der Waals surface area contributed by atoms with Crippen molar-refractivity contribution < 1.29 is 14.3 Å². The fourth-order valence-corrected chi connectivity index (χ4v) is 4.07. The monoisotopic (exact) mass is 456 g/mol. The maximum absolute atomic E-state index is 11.8. The predicted molar refractivity (Wildman–Crippen MR) is 134 cm³/mol. The molecule has 1 unspecified atom stereocenters. The molecule has 0 saturated heterocycles. The molecule has 34 heavy (non-hydrogen) atoms. The van der Waals surface area contributed by atoms with Crippen molar-refractivity contribution in [2.75, 3.05) is 13.6 Å². The third-order valence-corrected chi connectivity index (χ3v) is 6.01. The number of ether oxygens (including phenoxy) is 1. The van der Waals surface area contributed by atoms with Gasteiger partial charge in [-0.15, -0.1) is 0 Å². The lowest BCUT2D eigenvalue weighted by Crippen LogP contribution is -2.29. The van der Waals surface area contributed by atoms with E-state index in [1.807, 2.05) is 91.0 Å². The third-order valence-electron chi connectivity index (χ3n) is 6.01. The fourth-order valence-electron chi connectivity index (χ4n) is 4.07. The van der Waals surface area contributed by atoms with Crippen LogP contribution in [0.1, 0.15) is 42.5 Å². The quantitative estimate of drug-likeness (QED) is 0.317. The number of aromatic nitrogens is 1. The van der Waals surface area contributed by atoms with Crippen molar-refractivity contribution in [3.05, 3.63) is 120 Å². The van der Waals surface area contributed by atoms with E-state index in [1.165, 1.54) is 0 Å². The minimum atomic E-state index is -1.46. The van der Waals surface area contributed by atoms with Gasteiger partial charge in [-0.25, -0.2) is 4.98 Å². The normalized spacial score (nSPS) is 12.6. The van der Waals surface area contributed by atoms with E-state index in [0.717, 1.165) is 25.1 Å². The van der Waals surface area contributed by atoms with E-state index in [9.17, 15) is 5.11 Å². The largest absolute Gasteiger partial charge is 0.490 e. The highest BCUT2D eigenvalue weighted by Crippen LogP contribution is 2.36. The summed E-state index contributed by atoms with van der Waals surface area (Å²) in [5, 5.41) is 11.8. The highest BCUT2D eigenvalue weighted by molar-refractivity contribution is 5.41. The lowest BCUT2D eigenvalue weighted by molar-refractivity contribution is 0.0896. The van der Waals surface area contributed by atoms with Crippen molar-refractivity contribution in [2.45, 2.75) is 38.0 Å². The third kappa shape index (κ3) is 5.56. The van der Waals surface area contributed by atoms with Crippen LogP contribution in [-0.4, -0.2) is 34.7 Å². The minimum absolute atomic E-state index is 0.149. The molecule has 0 aliphatic heterocycles. The standard InChI is InChI=1S/C29H32N2O3/c1-3-25(33-26-17-11-6-12-18-26)19-20-31(2)22-27-21-30-28(34-27)29(32,23-13-7-4-8-14-23)24-15-9-5-10-16-24/h4-18,21,25,32H,3,19-20,22H2,1-2H3. The van der Waals surface area contributed by atoms with E-state index in [0.29, 0.717) is 23.4 Å². The van der Waals surface area contributed by atoms with Gasteiger partial charge in [-0.3, -0.25) is 4.90 Å². The number of oxazole rings is 1. The van der Waals surface area contributed by atoms with E-state index in [4.69, 9.17) is 9.15 Å². The van der Waals surface area contributed by atoms with Gasteiger partial charge in [-0.2, -0.15) is 0 Å². The maximum Gasteiger partial charge on any atom is 0.236 e. The first-order valence-corrected chi connectivity index (χ1v) is 11.8. The molecule has 1 atom stereocenters. The zero-order valence-electron chi connectivity index (χ0n) is 19.8. The summed E-state index contributed by atoms with van der Waals surface area (Å²) in [6.45, 7) is 3.59. The van der Waals surface area contributed by atoms with Crippen molar-refractivity contribution >= 4 is 0 Å². The summed E-state index contributed by atoms with van der Waals surface area (Å²) in [5.74, 6) is 1.88. The lowest BCUT2D eigenvalue weighted by atomic mass is 9.86. The van der Waals surface area contributed by atoms with Crippen LogP contribution >= 0.6 is 0 Å². The molecule has 0 aliphatic carbocycles. The SMILES string of the molecule is CCC(CCN(C)Cc1cnc(C(O)(c2ccccc2)c2ccccc2)o1)Oc1ccccc1. The summed E-state index contributed by atoms with van der Waals surface area (Å²) in [7, 11) is 2.05. The van der Waals surface area contributed by atoms with Crippen LogP contribution in [0.25, 0.3) is 0 Å². The van der Waals surface area contributed by atoms with Gasteiger partial charge < -0.3 is 14.3 Å². The van der Waals surface area contributed by atoms with Gasteiger partial charge in [-0.05, 0) is 43.1 Å². The van der Waals surface area contributed by atoms with Crippen LogP contribution in [0, 0.1) is 0 Å². The minimum Gasteiger partial charge on any atom is -0.490 e. The number of rotatable bonds is 11. The number of aliphatic hydroxyl groups is 1. The Balaban J connectivity index is 1.44. The average molecular weight is 457 g/mol. The van der Waals surface area contributed by atoms with Gasteiger partial charge in [0.25, 0.3) is 0 Å². The van der Waals surface area contributed by atoms with E-state index >= 15 is 0 Å². The first kappa shape index (κ1) is 23.7. The number of hydrogen-bond acceptors (Lipinski definition) is 5. The van der Waals surface area contributed by atoms with Crippen LogP contribution in [0.3, 0.4) is 0 Å². The number of hydrogen-bond donors (Lipinski definition) is 1. The topological polar surface area (TPSA) is 58.7 Å². The van der Waals surface area contributed by atoms with Crippen LogP contribution in [0.4, 0.5) is 0 Å². The van der Waals surface area contributed by atoms with Gasteiger partial charge in [0.1, 0.15) is 11.5 Å². The highest BCUT2D eigenvalue weighted by Gasteiger charge is 2.38. The molecule has 5 heteroatoms. The summed E-state index contributed by atoms with van der Waals surface area (Å²) < 4.78 is 12.2. The second-order valence-corrected chi connectivity index (χ2v) is 8.56. The van der Waals surface area contributed by atoms with Crippen LogP contribution in [-0.2, 0) is 12.1 Å². The van der Waals surface area contributed by atoms with Crippen LogP contribution in [0.5, 0.6) is 5.75 Å². The molecule has 0 saturated carbocycles. The molecule has 0 amide bonds. The van der Waals surface area contributed by atoms with Gasteiger partial charge in [0.2, 0.25) is 5.89 Å². The van der Waals surface area contributed by atoms with Crippen molar-refractivity contribution in [1.29, 1.82) is 0 Å². The summed E-state index contributed by atoms with van der Waals surface area (Å²) in [4.78, 5) is 6.68. The molecule has 4 aromatic rings. The van der Waals surface area contributed by atoms with Crippen molar-refractivity contribution in [2.24, 2.45) is 0 Å². The predicted octanol–water partition coefficient (Wildman–Crippen LogP) is 5.64. The first-order valence-electron chi connectivity index (χ1n) is 11.8. The first-order chi connectivity index (χ1) is 16.6. The van der Waals surface area contributed by atoms with E-state index in [-0.39, 0.29) is 12.0 Å². The fraction of sp³-hybridized carbons (Fsp3) is 0.276. The Hall–Kier alpha value is -3.41. The average Bonchev–Trinajstić information content (AvgIpc) is 3.36. The van der Waals surface area contributed by atoms with E-state index < -0.39 is 5.60 Å². The smallest absolute Gasteiger partial charge is 0.236 e. The molecule has 0 fully saturated rings. The molecule has 1 heterocycles. The van der Waals surface area contributed by atoms with Crippen LogP contribution < -0.4 is 4.74 Å². The molecule has 1 N–H and O–H groups in total. The van der Waals surface area contributed by atoms with Gasteiger partial charge >= 0.3 is 0 Å². The molecule has 0 bridgehead atoms. The molecule has 4 rings (SSSR count). The van der Waals surface area contributed by atoms with Gasteiger partial charge in [0.15, 0.2) is 5.60 Å². The van der Waals surface area contributed by atoms with Gasteiger partial charge in [0, 0.05) is 6.54 Å². The second kappa shape index (κ2) is 11.1. The van der Waals surface area contributed by atoms with Crippen LogP contribution in [0.2, 0.25) is 0 Å². The Morgan fingerprint density at radius 2 is 1.47 bits per heavy atom. The Morgan fingerprint density at radius 1 is 0.912 bits per heavy atom. The molecule has 0 aliphatic rings. The van der Waals surface area contributed by atoms with Crippen molar-refractivity contribution in [3.63, 3.8) is 0 Å². The molecule has 5 nitrogen and oxygen atoms in total. The number of nitrogens with zero attached hydrogens (tertiary/aromatic N) is 2. The molecule has 0 radical (unpaired) electrons. The van der Waals surface area contributed by atoms with Gasteiger partial charge in [-0.1, -0.05) is 85.8 Å². The number of benzene rings is 3. The summed E-state index contributed by atoms with van der Waals surface area (Å²) in [5.41, 5.74) is -0.0329. The van der Waals surface area contributed by atoms with Crippen molar-refractivity contribution in [1.82, 2.24) is 9.88 Å². The maximum atomic E-state index is 11.8.